The first-order valence-electron chi connectivity index (χ1n) is 5.94. The van der Waals surface area contributed by atoms with E-state index in [4.69, 9.17) is 11.6 Å². The van der Waals surface area contributed by atoms with E-state index >= 15 is 0 Å². The molecule has 3 N–H and O–H groups in total. The molecule has 0 aliphatic rings. The molecule has 0 aliphatic heterocycles. The van der Waals surface area contributed by atoms with E-state index in [9.17, 15) is 14.3 Å². The van der Waals surface area contributed by atoms with Crippen molar-refractivity contribution in [2.75, 3.05) is 11.9 Å². The number of nitrogens with one attached hydrogen (secondary N) is 2. The van der Waals surface area contributed by atoms with Gasteiger partial charge in [-0.2, -0.15) is 0 Å². The van der Waals surface area contributed by atoms with Crippen molar-refractivity contribution in [2.45, 2.75) is 26.4 Å². The SMILES string of the molecule is CC(C)C(C)(O)CNC(=O)Nc1cc(Cl)ccc1F. The molecular formula is C13H18ClFN2O2. The van der Waals surface area contributed by atoms with E-state index in [2.05, 4.69) is 10.6 Å². The topological polar surface area (TPSA) is 61.4 Å². The van der Waals surface area contributed by atoms with E-state index in [1.807, 2.05) is 13.8 Å². The Balaban J connectivity index is 2.59. The zero-order valence-corrected chi connectivity index (χ0v) is 11.9. The van der Waals surface area contributed by atoms with Crippen LogP contribution in [0.5, 0.6) is 0 Å². The second-order valence-corrected chi connectivity index (χ2v) is 5.38. The molecule has 0 aromatic heterocycles. The summed E-state index contributed by atoms with van der Waals surface area (Å²) in [6.07, 6.45) is 0. The minimum Gasteiger partial charge on any atom is -0.388 e. The van der Waals surface area contributed by atoms with E-state index in [1.54, 1.807) is 6.92 Å². The molecule has 1 unspecified atom stereocenters. The van der Waals surface area contributed by atoms with E-state index in [0.717, 1.165) is 0 Å². The molecule has 19 heavy (non-hydrogen) atoms. The van der Waals surface area contributed by atoms with Crippen molar-refractivity contribution in [3.8, 4) is 0 Å². The number of carbonyl (C=O) groups is 1. The minimum atomic E-state index is -1.02. The molecule has 0 heterocycles. The van der Waals surface area contributed by atoms with E-state index in [0.29, 0.717) is 5.02 Å². The number of hydrogen-bond acceptors (Lipinski definition) is 2. The van der Waals surface area contributed by atoms with Gasteiger partial charge in [0.2, 0.25) is 0 Å². The number of halogens is 2. The third-order valence-corrected chi connectivity index (χ3v) is 3.26. The summed E-state index contributed by atoms with van der Waals surface area (Å²) in [7, 11) is 0. The second kappa shape index (κ2) is 6.21. The van der Waals surface area contributed by atoms with Crippen LogP contribution in [0.1, 0.15) is 20.8 Å². The van der Waals surface area contributed by atoms with Gasteiger partial charge in [-0.1, -0.05) is 25.4 Å². The Morgan fingerprint density at radius 1 is 1.53 bits per heavy atom. The van der Waals surface area contributed by atoms with Crippen LogP contribution in [0.4, 0.5) is 14.9 Å². The Bertz CT molecular complexity index is 464. The average Bonchev–Trinajstić information content (AvgIpc) is 2.31. The molecule has 2 amide bonds. The fourth-order valence-corrected chi connectivity index (χ4v) is 1.40. The Morgan fingerprint density at radius 2 is 2.16 bits per heavy atom. The molecule has 0 fully saturated rings. The van der Waals surface area contributed by atoms with Crippen molar-refractivity contribution in [3.05, 3.63) is 29.0 Å². The molecule has 1 atom stereocenters. The Hall–Kier alpha value is -1.33. The normalized spacial score (nSPS) is 14.1. The molecular weight excluding hydrogens is 271 g/mol. The third-order valence-electron chi connectivity index (χ3n) is 3.03. The van der Waals surface area contributed by atoms with Gasteiger partial charge in [0.15, 0.2) is 0 Å². The lowest BCUT2D eigenvalue weighted by Crippen LogP contribution is -2.45. The summed E-state index contributed by atoms with van der Waals surface area (Å²) in [5, 5.41) is 15.1. The van der Waals surface area contributed by atoms with Gasteiger partial charge in [-0.15, -0.1) is 0 Å². The number of anilines is 1. The van der Waals surface area contributed by atoms with Crippen LogP contribution in [0.25, 0.3) is 0 Å². The zero-order valence-electron chi connectivity index (χ0n) is 11.1. The number of carbonyl (C=O) groups excluding carboxylic acids is 1. The molecule has 1 rings (SSSR count). The Morgan fingerprint density at radius 3 is 2.74 bits per heavy atom. The highest BCUT2D eigenvalue weighted by Crippen LogP contribution is 2.19. The largest absolute Gasteiger partial charge is 0.388 e. The third kappa shape index (κ3) is 4.69. The quantitative estimate of drug-likeness (QED) is 0.797. The molecule has 1 aromatic carbocycles. The summed E-state index contributed by atoms with van der Waals surface area (Å²) in [5.41, 5.74) is -1.03. The summed E-state index contributed by atoms with van der Waals surface area (Å²) in [6.45, 7) is 5.38. The van der Waals surface area contributed by atoms with Gasteiger partial charge in [0.1, 0.15) is 5.82 Å². The summed E-state index contributed by atoms with van der Waals surface area (Å²) >= 11 is 5.71. The molecule has 0 aliphatic carbocycles. The first-order chi connectivity index (χ1) is 8.72. The van der Waals surface area contributed by atoms with Crippen LogP contribution < -0.4 is 10.6 Å². The van der Waals surface area contributed by atoms with Crippen molar-refractivity contribution < 1.29 is 14.3 Å². The van der Waals surface area contributed by atoms with Crippen molar-refractivity contribution >= 4 is 23.3 Å². The van der Waals surface area contributed by atoms with Crippen molar-refractivity contribution in [1.82, 2.24) is 5.32 Å². The molecule has 0 saturated carbocycles. The fraction of sp³-hybridized carbons (Fsp3) is 0.462. The van der Waals surface area contributed by atoms with E-state index in [1.165, 1.54) is 18.2 Å². The van der Waals surface area contributed by atoms with Gasteiger partial charge in [0.05, 0.1) is 11.3 Å². The molecule has 106 valence electrons. The highest BCUT2D eigenvalue weighted by Gasteiger charge is 2.25. The van der Waals surface area contributed by atoms with Crippen LogP contribution >= 0.6 is 11.6 Å². The molecule has 0 bridgehead atoms. The van der Waals surface area contributed by atoms with Crippen LogP contribution in [0.2, 0.25) is 5.02 Å². The molecule has 1 aromatic rings. The summed E-state index contributed by atoms with van der Waals surface area (Å²) < 4.78 is 13.4. The smallest absolute Gasteiger partial charge is 0.319 e. The Kier molecular flexibility index (Phi) is 5.14. The number of amides is 2. The van der Waals surface area contributed by atoms with Gasteiger partial charge >= 0.3 is 6.03 Å². The number of hydrogen-bond donors (Lipinski definition) is 3. The molecule has 0 radical (unpaired) electrons. The van der Waals surface area contributed by atoms with Crippen LogP contribution in [-0.4, -0.2) is 23.3 Å². The predicted octanol–water partition coefficient (Wildman–Crippen LogP) is 3.01. The van der Waals surface area contributed by atoms with Crippen LogP contribution in [0, 0.1) is 11.7 Å². The van der Waals surface area contributed by atoms with Crippen molar-refractivity contribution in [1.29, 1.82) is 0 Å². The van der Waals surface area contributed by atoms with Crippen LogP contribution in [-0.2, 0) is 0 Å². The maximum atomic E-state index is 13.4. The van der Waals surface area contributed by atoms with Gasteiger partial charge in [-0.25, -0.2) is 9.18 Å². The highest BCUT2D eigenvalue weighted by molar-refractivity contribution is 6.30. The molecule has 0 spiro atoms. The summed E-state index contributed by atoms with van der Waals surface area (Å²) in [5.74, 6) is -0.592. The van der Waals surface area contributed by atoms with Gasteiger partial charge in [-0.05, 0) is 31.0 Å². The van der Waals surface area contributed by atoms with E-state index in [-0.39, 0.29) is 18.2 Å². The first kappa shape index (κ1) is 15.7. The van der Waals surface area contributed by atoms with Gasteiger partial charge < -0.3 is 15.7 Å². The number of rotatable bonds is 4. The van der Waals surface area contributed by atoms with Crippen molar-refractivity contribution in [2.24, 2.45) is 5.92 Å². The lowest BCUT2D eigenvalue weighted by atomic mass is 9.93. The monoisotopic (exact) mass is 288 g/mol. The lowest BCUT2D eigenvalue weighted by molar-refractivity contribution is 0.0170. The van der Waals surface area contributed by atoms with Gasteiger partial charge in [0.25, 0.3) is 0 Å². The average molecular weight is 289 g/mol. The minimum absolute atomic E-state index is 0.00538. The molecule has 6 heteroatoms. The van der Waals surface area contributed by atoms with Crippen molar-refractivity contribution in [3.63, 3.8) is 0 Å². The van der Waals surface area contributed by atoms with Gasteiger partial charge in [-0.3, -0.25) is 0 Å². The number of aliphatic hydroxyl groups is 1. The van der Waals surface area contributed by atoms with Crippen LogP contribution in [0.15, 0.2) is 18.2 Å². The van der Waals surface area contributed by atoms with E-state index < -0.39 is 17.4 Å². The second-order valence-electron chi connectivity index (χ2n) is 4.94. The first-order valence-corrected chi connectivity index (χ1v) is 6.32. The number of benzene rings is 1. The lowest BCUT2D eigenvalue weighted by Gasteiger charge is -2.27. The highest BCUT2D eigenvalue weighted by atomic mass is 35.5. The van der Waals surface area contributed by atoms with Gasteiger partial charge in [0, 0.05) is 11.6 Å². The summed E-state index contributed by atoms with van der Waals surface area (Å²) in [6, 6.07) is 3.28. The Labute approximate surface area is 117 Å². The maximum absolute atomic E-state index is 13.4. The predicted molar refractivity (Wildman–Crippen MR) is 73.9 cm³/mol. The standard InChI is InChI=1S/C13H18ClFN2O2/c1-8(2)13(3,19)7-16-12(18)17-11-6-9(14)4-5-10(11)15/h4-6,8,19H,7H2,1-3H3,(H2,16,17,18). The maximum Gasteiger partial charge on any atom is 0.319 e. The zero-order chi connectivity index (χ0) is 14.6. The number of urea groups is 1. The molecule has 4 nitrogen and oxygen atoms in total. The fourth-order valence-electron chi connectivity index (χ4n) is 1.22. The molecule has 0 saturated heterocycles. The van der Waals surface area contributed by atoms with Crippen LogP contribution in [0.3, 0.4) is 0 Å². The summed E-state index contributed by atoms with van der Waals surface area (Å²) in [4.78, 5) is 11.6.